The van der Waals surface area contributed by atoms with Crippen LogP contribution in [0.1, 0.15) is 27.2 Å². The summed E-state index contributed by atoms with van der Waals surface area (Å²) in [6, 6.07) is 0. The molecule has 18 heavy (non-hydrogen) atoms. The van der Waals surface area contributed by atoms with Crippen LogP contribution in [0.5, 0.6) is 0 Å². The van der Waals surface area contributed by atoms with Crippen LogP contribution in [0.3, 0.4) is 0 Å². The minimum atomic E-state index is -0.201. The van der Waals surface area contributed by atoms with E-state index in [0.717, 1.165) is 12.0 Å². The van der Waals surface area contributed by atoms with E-state index in [1.807, 2.05) is 6.08 Å². The number of nitrogens with zero attached hydrogens (tertiary/aromatic N) is 1. The van der Waals surface area contributed by atoms with Gasteiger partial charge in [0.2, 0.25) is 0 Å². The Morgan fingerprint density at radius 3 is 2.78 bits per heavy atom. The summed E-state index contributed by atoms with van der Waals surface area (Å²) >= 11 is 0. The lowest BCUT2D eigenvalue weighted by molar-refractivity contribution is -0.421. The van der Waals surface area contributed by atoms with E-state index in [2.05, 4.69) is 32.9 Å². The van der Waals surface area contributed by atoms with E-state index in [-0.39, 0.29) is 10.3 Å². The predicted octanol–water partition coefficient (Wildman–Crippen LogP) is 3.57. The maximum Gasteiger partial charge on any atom is 0.269 e. The summed E-state index contributed by atoms with van der Waals surface area (Å²) in [5.41, 5.74) is 1.59. The normalized spacial score (nSPS) is 40.8. The van der Waals surface area contributed by atoms with Gasteiger partial charge in [0.1, 0.15) is 0 Å². The van der Waals surface area contributed by atoms with E-state index in [1.165, 1.54) is 0 Å². The van der Waals surface area contributed by atoms with Gasteiger partial charge in [0.05, 0.1) is 4.92 Å². The Balaban J connectivity index is 2.18. The molecule has 0 saturated heterocycles. The minimum Gasteiger partial charge on any atom is -0.258 e. The Hall–Kier alpha value is -1.38. The fraction of sp³-hybridized carbons (Fsp3) is 0.600. The molecule has 3 aliphatic rings. The Morgan fingerprint density at radius 2 is 2.17 bits per heavy atom. The quantitative estimate of drug-likeness (QED) is 0.424. The number of hydrogen-bond donors (Lipinski definition) is 0. The van der Waals surface area contributed by atoms with Gasteiger partial charge in [-0.05, 0) is 23.7 Å². The maximum absolute atomic E-state index is 11.2. The molecule has 4 atom stereocenters. The molecule has 1 saturated carbocycles. The topological polar surface area (TPSA) is 43.1 Å². The van der Waals surface area contributed by atoms with Crippen LogP contribution in [0.15, 0.2) is 35.6 Å². The number of hydrogen-bond acceptors (Lipinski definition) is 2. The third kappa shape index (κ3) is 1.25. The molecule has 0 heterocycles. The van der Waals surface area contributed by atoms with Crippen molar-refractivity contribution in [2.24, 2.45) is 29.1 Å². The van der Waals surface area contributed by atoms with Crippen LogP contribution in [0, 0.1) is 39.2 Å². The third-order valence-corrected chi connectivity index (χ3v) is 5.18. The standard InChI is InChI=1S/C15H19NO2/c1-9(2)15-7-6-11(8-15)13-12(16(17)18)5-4-10(3)14(13)15/h4-7,9-11,14H,8H2,1-3H3. The smallest absolute Gasteiger partial charge is 0.258 e. The first kappa shape index (κ1) is 11.7. The second-order valence-electron chi connectivity index (χ2n) is 6.23. The molecule has 0 N–H and O–H groups in total. The van der Waals surface area contributed by atoms with Gasteiger partial charge >= 0.3 is 0 Å². The molecule has 1 fully saturated rings. The van der Waals surface area contributed by atoms with E-state index in [9.17, 15) is 10.1 Å². The Morgan fingerprint density at radius 1 is 1.44 bits per heavy atom. The molecule has 96 valence electrons. The van der Waals surface area contributed by atoms with Gasteiger partial charge in [0.25, 0.3) is 5.70 Å². The molecular weight excluding hydrogens is 226 g/mol. The van der Waals surface area contributed by atoms with Gasteiger partial charge in [-0.1, -0.05) is 39.0 Å². The molecule has 0 aromatic rings. The van der Waals surface area contributed by atoms with Gasteiger partial charge < -0.3 is 0 Å². The molecule has 3 heteroatoms. The summed E-state index contributed by atoms with van der Waals surface area (Å²) in [6.45, 7) is 6.68. The summed E-state index contributed by atoms with van der Waals surface area (Å²) < 4.78 is 0. The number of fused-ring (bicyclic) bond motifs is 5. The van der Waals surface area contributed by atoms with Crippen LogP contribution in [0.2, 0.25) is 0 Å². The van der Waals surface area contributed by atoms with Crippen molar-refractivity contribution in [2.75, 3.05) is 0 Å². The van der Waals surface area contributed by atoms with Crippen molar-refractivity contribution in [3.05, 3.63) is 45.7 Å². The number of nitro groups is 1. The van der Waals surface area contributed by atoms with Crippen molar-refractivity contribution >= 4 is 0 Å². The van der Waals surface area contributed by atoms with Crippen molar-refractivity contribution in [1.29, 1.82) is 0 Å². The molecular formula is C15H19NO2. The molecule has 0 aliphatic heterocycles. The fourth-order valence-electron chi connectivity index (χ4n) is 4.30. The first-order chi connectivity index (χ1) is 8.47. The molecule has 2 bridgehead atoms. The van der Waals surface area contributed by atoms with Crippen LogP contribution in [-0.4, -0.2) is 4.92 Å². The van der Waals surface area contributed by atoms with Crippen LogP contribution in [0.25, 0.3) is 0 Å². The van der Waals surface area contributed by atoms with Crippen molar-refractivity contribution in [2.45, 2.75) is 27.2 Å². The lowest BCUT2D eigenvalue weighted by Gasteiger charge is -2.40. The second-order valence-corrected chi connectivity index (χ2v) is 6.23. The first-order valence-corrected chi connectivity index (χ1v) is 6.73. The minimum absolute atomic E-state index is 0.144. The van der Waals surface area contributed by atoms with E-state index >= 15 is 0 Å². The molecule has 3 rings (SSSR count). The van der Waals surface area contributed by atoms with E-state index < -0.39 is 0 Å². The molecule has 0 spiro atoms. The van der Waals surface area contributed by atoms with Gasteiger partial charge in [0, 0.05) is 23.5 Å². The Bertz CT molecular complexity index is 501. The molecule has 0 aromatic carbocycles. The highest BCUT2D eigenvalue weighted by Gasteiger charge is 2.57. The molecule has 0 amide bonds. The van der Waals surface area contributed by atoms with Crippen molar-refractivity contribution in [3.63, 3.8) is 0 Å². The van der Waals surface area contributed by atoms with Crippen LogP contribution >= 0.6 is 0 Å². The van der Waals surface area contributed by atoms with Crippen molar-refractivity contribution in [1.82, 2.24) is 0 Å². The lowest BCUT2D eigenvalue weighted by Crippen LogP contribution is -2.35. The molecule has 4 unspecified atom stereocenters. The summed E-state index contributed by atoms with van der Waals surface area (Å²) in [5, 5.41) is 11.2. The maximum atomic E-state index is 11.2. The highest BCUT2D eigenvalue weighted by atomic mass is 16.6. The number of allylic oxidation sites excluding steroid dienone is 5. The second kappa shape index (κ2) is 3.56. The van der Waals surface area contributed by atoms with Gasteiger partial charge in [-0.2, -0.15) is 0 Å². The average molecular weight is 245 g/mol. The van der Waals surface area contributed by atoms with E-state index in [4.69, 9.17) is 0 Å². The molecule has 0 radical (unpaired) electrons. The highest BCUT2D eigenvalue weighted by Crippen LogP contribution is 2.63. The van der Waals surface area contributed by atoms with Crippen molar-refractivity contribution in [3.8, 4) is 0 Å². The third-order valence-electron chi connectivity index (χ3n) is 5.18. The van der Waals surface area contributed by atoms with Gasteiger partial charge in [0.15, 0.2) is 0 Å². The van der Waals surface area contributed by atoms with Gasteiger partial charge in [-0.15, -0.1) is 0 Å². The molecule has 0 aromatic heterocycles. The Kier molecular flexibility index (Phi) is 2.31. The summed E-state index contributed by atoms with van der Waals surface area (Å²) in [5.74, 6) is 1.56. The van der Waals surface area contributed by atoms with Crippen LogP contribution < -0.4 is 0 Å². The zero-order valence-electron chi connectivity index (χ0n) is 11.1. The molecule has 3 aliphatic carbocycles. The monoisotopic (exact) mass is 245 g/mol. The highest BCUT2D eigenvalue weighted by molar-refractivity contribution is 5.43. The fourth-order valence-corrected chi connectivity index (χ4v) is 4.30. The zero-order chi connectivity index (χ0) is 13.1. The van der Waals surface area contributed by atoms with Crippen LogP contribution in [0.4, 0.5) is 0 Å². The SMILES string of the molecule is CC1C=CC([N+](=O)[O-])=C2C3C=CC(C(C)C)(C3)C21. The summed E-state index contributed by atoms with van der Waals surface area (Å²) in [6.07, 6.45) is 9.34. The summed E-state index contributed by atoms with van der Waals surface area (Å²) in [4.78, 5) is 11.0. The summed E-state index contributed by atoms with van der Waals surface area (Å²) in [7, 11) is 0. The van der Waals surface area contributed by atoms with Crippen LogP contribution in [-0.2, 0) is 0 Å². The average Bonchev–Trinajstić information content (AvgIpc) is 2.87. The number of rotatable bonds is 2. The van der Waals surface area contributed by atoms with Crippen molar-refractivity contribution < 1.29 is 4.92 Å². The van der Waals surface area contributed by atoms with E-state index in [0.29, 0.717) is 29.4 Å². The zero-order valence-corrected chi connectivity index (χ0v) is 11.1. The van der Waals surface area contributed by atoms with Gasteiger partial charge in [-0.3, -0.25) is 10.1 Å². The largest absolute Gasteiger partial charge is 0.269 e. The molecule has 3 nitrogen and oxygen atoms in total. The Labute approximate surface area is 107 Å². The lowest BCUT2D eigenvalue weighted by atomic mass is 9.63. The van der Waals surface area contributed by atoms with E-state index in [1.54, 1.807) is 6.08 Å². The predicted molar refractivity (Wildman–Crippen MR) is 70.3 cm³/mol. The van der Waals surface area contributed by atoms with Gasteiger partial charge in [-0.25, -0.2) is 0 Å². The first-order valence-electron chi connectivity index (χ1n) is 6.73.